The fourth-order valence-electron chi connectivity index (χ4n) is 1.68. The molecule has 2 aromatic rings. The van der Waals surface area contributed by atoms with Crippen molar-refractivity contribution in [2.24, 2.45) is 5.73 Å². The second kappa shape index (κ2) is 5.84. The van der Waals surface area contributed by atoms with Gasteiger partial charge >= 0.3 is 0 Å². The molecule has 0 fully saturated rings. The smallest absolute Gasteiger partial charge is 0.244 e. The van der Waals surface area contributed by atoms with E-state index < -0.39 is 0 Å². The molecular weight excluding hydrogens is 294 g/mol. The topological polar surface area (TPSA) is 60.0 Å². The zero-order valence-corrected chi connectivity index (χ0v) is 11.4. The Morgan fingerprint density at radius 3 is 2.67 bits per heavy atom. The maximum atomic E-state index is 11.8. The first-order chi connectivity index (χ1) is 8.69. The van der Waals surface area contributed by atoms with Crippen LogP contribution in [-0.4, -0.2) is 10.5 Å². The number of hydrogen-bond acceptors (Lipinski definition) is 2. The van der Waals surface area contributed by atoms with Gasteiger partial charge in [-0.1, -0.05) is 15.9 Å². The highest BCUT2D eigenvalue weighted by atomic mass is 79.9. The molecule has 0 aliphatic heterocycles. The van der Waals surface area contributed by atoms with Crippen LogP contribution in [0, 0.1) is 0 Å². The Hall–Kier alpha value is -1.59. The number of benzene rings is 1. The number of amides is 1. The molecule has 1 aromatic carbocycles. The van der Waals surface area contributed by atoms with Gasteiger partial charge in [-0.05, 0) is 36.4 Å². The maximum Gasteiger partial charge on any atom is 0.244 e. The summed E-state index contributed by atoms with van der Waals surface area (Å²) in [6.45, 7) is 0.703. The SMILES string of the molecule is NCc1cccn1CC(=O)Nc1ccc(Br)cc1. The first kappa shape index (κ1) is 12.9. The van der Waals surface area contributed by atoms with Crippen molar-refractivity contribution in [1.29, 1.82) is 0 Å². The Morgan fingerprint density at radius 1 is 1.28 bits per heavy atom. The zero-order valence-electron chi connectivity index (χ0n) is 9.77. The molecule has 0 saturated carbocycles. The van der Waals surface area contributed by atoms with Crippen molar-refractivity contribution in [3.63, 3.8) is 0 Å². The first-order valence-electron chi connectivity index (χ1n) is 5.58. The lowest BCUT2D eigenvalue weighted by Crippen LogP contribution is -2.20. The van der Waals surface area contributed by atoms with Gasteiger partial charge in [0.25, 0.3) is 0 Å². The van der Waals surface area contributed by atoms with E-state index in [0.29, 0.717) is 6.54 Å². The third-order valence-electron chi connectivity index (χ3n) is 2.57. The minimum atomic E-state index is -0.0665. The van der Waals surface area contributed by atoms with Crippen LogP contribution in [-0.2, 0) is 17.9 Å². The van der Waals surface area contributed by atoms with E-state index in [1.54, 1.807) is 0 Å². The summed E-state index contributed by atoms with van der Waals surface area (Å²) in [5.41, 5.74) is 7.31. The van der Waals surface area contributed by atoms with Crippen LogP contribution in [0.25, 0.3) is 0 Å². The molecule has 1 amide bonds. The largest absolute Gasteiger partial charge is 0.341 e. The Balaban J connectivity index is 1.99. The van der Waals surface area contributed by atoms with Crippen LogP contribution in [0.3, 0.4) is 0 Å². The number of aromatic nitrogens is 1. The minimum Gasteiger partial charge on any atom is -0.341 e. The van der Waals surface area contributed by atoms with E-state index in [-0.39, 0.29) is 12.5 Å². The summed E-state index contributed by atoms with van der Waals surface area (Å²) in [6.07, 6.45) is 1.85. The lowest BCUT2D eigenvalue weighted by molar-refractivity contribution is -0.116. The summed E-state index contributed by atoms with van der Waals surface area (Å²) >= 11 is 3.35. The van der Waals surface area contributed by atoms with Crippen molar-refractivity contribution in [3.8, 4) is 0 Å². The van der Waals surface area contributed by atoms with Gasteiger partial charge in [0.15, 0.2) is 0 Å². The Kier molecular flexibility index (Phi) is 4.17. The monoisotopic (exact) mass is 307 g/mol. The second-order valence-electron chi connectivity index (χ2n) is 3.89. The summed E-state index contributed by atoms with van der Waals surface area (Å²) in [7, 11) is 0. The lowest BCUT2D eigenvalue weighted by Gasteiger charge is -2.08. The number of nitrogens with zero attached hydrogens (tertiary/aromatic N) is 1. The summed E-state index contributed by atoms with van der Waals surface area (Å²) in [6, 6.07) is 11.3. The molecule has 1 aromatic heterocycles. The van der Waals surface area contributed by atoms with Gasteiger partial charge in [0.2, 0.25) is 5.91 Å². The van der Waals surface area contributed by atoms with Gasteiger partial charge in [-0.25, -0.2) is 0 Å². The molecule has 0 bridgehead atoms. The van der Waals surface area contributed by atoms with Crippen LogP contribution < -0.4 is 11.1 Å². The molecule has 0 spiro atoms. The highest BCUT2D eigenvalue weighted by Gasteiger charge is 2.05. The molecular formula is C13H14BrN3O. The van der Waals surface area contributed by atoms with Gasteiger partial charge in [-0.15, -0.1) is 0 Å². The van der Waals surface area contributed by atoms with Gasteiger partial charge in [-0.2, -0.15) is 0 Å². The first-order valence-corrected chi connectivity index (χ1v) is 6.38. The summed E-state index contributed by atoms with van der Waals surface area (Å²) in [5, 5.41) is 2.84. The van der Waals surface area contributed by atoms with Gasteiger partial charge in [-0.3, -0.25) is 4.79 Å². The fourth-order valence-corrected chi connectivity index (χ4v) is 1.94. The van der Waals surface area contributed by atoms with E-state index in [4.69, 9.17) is 5.73 Å². The number of halogens is 1. The van der Waals surface area contributed by atoms with E-state index in [0.717, 1.165) is 15.9 Å². The molecule has 0 radical (unpaired) electrons. The Morgan fingerprint density at radius 2 is 2.00 bits per heavy atom. The number of anilines is 1. The van der Waals surface area contributed by atoms with Crippen molar-refractivity contribution >= 4 is 27.5 Å². The fraction of sp³-hybridized carbons (Fsp3) is 0.154. The minimum absolute atomic E-state index is 0.0665. The third-order valence-corrected chi connectivity index (χ3v) is 3.10. The number of rotatable bonds is 4. The van der Waals surface area contributed by atoms with Gasteiger partial charge in [0, 0.05) is 28.6 Å². The van der Waals surface area contributed by atoms with Gasteiger partial charge in [0.05, 0.1) is 0 Å². The van der Waals surface area contributed by atoms with Crippen molar-refractivity contribution in [1.82, 2.24) is 4.57 Å². The van der Waals surface area contributed by atoms with Crippen molar-refractivity contribution in [2.45, 2.75) is 13.1 Å². The van der Waals surface area contributed by atoms with Gasteiger partial charge < -0.3 is 15.6 Å². The molecule has 1 heterocycles. The summed E-state index contributed by atoms with van der Waals surface area (Å²) < 4.78 is 2.82. The molecule has 0 aliphatic rings. The van der Waals surface area contributed by atoms with E-state index in [1.807, 2.05) is 47.2 Å². The molecule has 2 rings (SSSR count). The lowest BCUT2D eigenvalue weighted by atomic mass is 10.3. The molecule has 0 unspecified atom stereocenters. The maximum absolute atomic E-state index is 11.8. The molecule has 0 aliphatic carbocycles. The van der Waals surface area contributed by atoms with Crippen LogP contribution in [0.5, 0.6) is 0 Å². The van der Waals surface area contributed by atoms with E-state index >= 15 is 0 Å². The van der Waals surface area contributed by atoms with Crippen LogP contribution in [0.2, 0.25) is 0 Å². The highest BCUT2D eigenvalue weighted by Crippen LogP contribution is 2.14. The number of nitrogens with one attached hydrogen (secondary N) is 1. The highest BCUT2D eigenvalue weighted by molar-refractivity contribution is 9.10. The molecule has 3 N–H and O–H groups in total. The van der Waals surface area contributed by atoms with E-state index in [1.165, 1.54) is 0 Å². The third kappa shape index (κ3) is 3.21. The number of carbonyl (C=O) groups excluding carboxylic acids is 1. The molecule has 0 atom stereocenters. The van der Waals surface area contributed by atoms with Crippen molar-refractivity contribution in [3.05, 3.63) is 52.8 Å². The van der Waals surface area contributed by atoms with Crippen LogP contribution >= 0.6 is 15.9 Å². The Bertz CT molecular complexity index is 533. The quantitative estimate of drug-likeness (QED) is 0.911. The number of hydrogen-bond donors (Lipinski definition) is 2. The molecule has 18 heavy (non-hydrogen) atoms. The van der Waals surface area contributed by atoms with E-state index in [9.17, 15) is 4.79 Å². The van der Waals surface area contributed by atoms with Crippen molar-refractivity contribution < 1.29 is 4.79 Å². The van der Waals surface area contributed by atoms with Gasteiger partial charge in [0.1, 0.15) is 6.54 Å². The average Bonchev–Trinajstić information content (AvgIpc) is 2.79. The summed E-state index contributed by atoms with van der Waals surface area (Å²) in [5.74, 6) is -0.0665. The Labute approximate surface area is 114 Å². The average molecular weight is 308 g/mol. The molecule has 0 saturated heterocycles. The number of nitrogens with two attached hydrogens (primary N) is 1. The second-order valence-corrected chi connectivity index (χ2v) is 4.80. The number of carbonyl (C=O) groups is 1. The zero-order chi connectivity index (χ0) is 13.0. The van der Waals surface area contributed by atoms with Crippen molar-refractivity contribution in [2.75, 3.05) is 5.32 Å². The summed E-state index contributed by atoms with van der Waals surface area (Å²) in [4.78, 5) is 11.8. The predicted octanol–water partition coefficient (Wildman–Crippen LogP) is 2.35. The standard InChI is InChI=1S/C13H14BrN3O/c14-10-3-5-11(6-4-10)16-13(18)9-17-7-1-2-12(17)8-15/h1-7H,8-9,15H2,(H,16,18). The van der Waals surface area contributed by atoms with Crippen LogP contribution in [0.1, 0.15) is 5.69 Å². The molecule has 5 heteroatoms. The predicted molar refractivity (Wildman–Crippen MR) is 75.1 cm³/mol. The van der Waals surface area contributed by atoms with Crippen LogP contribution in [0.15, 0.2) is 47.1 Å². The van der Waals surface area contributed by atoms with E-state index in [2.05, 4.69) is 21.2 Å². The molecule has 94 valence electrons. The normalized spacial score (nSPS) is 10.3. The van der Waals surface area contributed by atoms with Crippen LogP contribution in [0.4, 0.5) is 5.69 Å². The molecule has 4 nitrogen and oxygen atoms in total.